The van der Waals surface area contributed by atoms with Gasteiger partial charge in [0.05, 0.1) is 12.4 Å². The predicted octanol–water partition coefficient (Wildman–Crippen LogP) is 3.43. The zero-order chi connectivity index (χ0) is 13.2. The minimum Gasteiger partial charge on any atom is -0.493 e. The van der Waals surface area contributed by atoms with Crippen LogP contribution >= 0.6 is 15.9 Å². The summed E-state index contributed by atoms with van der Waals surface area (Å²) in [5, 5.41) is -0.184. The molecule has 0 saturated heterocycles. The van der Waals surface area contributed by atoms with Crippen LogP contribution in [0.2, 0.25) is 0 Å². The number of Topliss-reactive ketones (excluding diaryl/α,β-unsaturated/α-hetero) is 1. The van der Waals surface area contributed by atoms with Crippen LogP contribution in [0.4, 0.5) is 17.6 Å². The number of carbonyl (C=O) groups is 1. The van der Waals surface area contributed by atoms with E-state index < -0.39 is 29.1 Å². The van der Waals surface area contributed by atoms with Gasteiger partial charge < -0.3 is 4.74 Å². The first-order valence-electron chi connectivity index (χ1n) is 4.35. The summed E-state index contributed by atoms with van der Waals surface area (Å²) < 4.78 is 55.5. The summed E-state index contributed by atoms with van der Waals surface area (Å²) in [6, 6.07) is 1.29. The van der Waals surface area contributed by atoms with Crippen molar-refractivity contribution in [2.75, 3.05) is 12.4 Å². The van der Waals surface area contributed by atoms with Gasteiger partial charge in [0.15, 0.2) is 17.3 Å². The first-order chi connectivity index (χ1) is 7.81. The monoisotopic (exact) mass is 314 g/mol. The van der Waals surface area contributed by atoms with Crippen molar-refractivity contribution < 1.29 is 27.1 Å². The molecule has 0 unspecified atom stereocenters. The molecule has 0 heterocycles. The number of ether oxygens (including phenoxy) is 1. The van der Waals surface area contributed by atoms with E-state index in [9.17, 15) is 22.4 Å². The second kappa shape index (κ2) is 5.03. The highest BCUT2D eigenvalue weighted by Crippen LogP contribution is 2.38. The maximum atomic E-state index is 13.3. The van der Waals surface area contributed by atoms with E-state index >= 15 is 0 Å². The lowest BCUT2D eigenvalue weighted by Gasteiger charge is -2.13. The first kappa shape index (κ1) is 14.0. The van der Waals surface area contributed by atoms with E-state index in [4.69, 9.17) is 0 Å². The molecule has 94 valence electrons. The maximum Gasteiger partial charge on any atom is 0.420 e. The van der Waals surface area contributed by atoms with Gasteiger partial charge >= 0.3 is 6.18 Å². The van der Waals surface area contributed by atoms with Crippen LogP contribution in [-0.4, -0.2) is 18.2 Å². The number of hydrogen-bond donors (Lipinski definition) is 0. The molecule has 0 aliphatic heterocycles. The van der Waals surface area contributed by atoms with Crippen LogP contribution in [0.5, 0.6) is 5.75 Å². The van der Waals surface area contributed by atoms with Crippen molar-refractivity contribution in [1.82, 2.24) is 0 Å². The van der Waals surface area contributed by atoms with Gasteiger partial charge in [0.25, 0.3) is 0 Å². The summed E-state index contributed by atoms with van der Waals surface area (Å²) in [4.78, 5) is 11.2. The standard InChI is InChI=1S/C10H7BrF4O2/c1-17-9-6(10(13,14)15)2-5(3-7(9)12)8(16)4-11/h2-3H,4H2,1H3. The third-order valence-corrected chi connectivity index (χ3v) is 2.51. The number of hydrogen-bond acceptors (Lipinski definition) is 2. The molecule has 0 atom stereocenters. The van der Waals surface area contributed by atoms with Gasteiger partial charge in [-0.2, -0.15) is 13.2 Å². The zero-order valence-corrected chi connectivity index (χ0v) is 10.2. The number of carbonyl (C=O) groups excluding carboxylic acids is 1. The molecule has 0 saturated carbocycles. The smallest absolute Gasteiger partial charge is 0.420 e. The quantitative estimate of drug-likeness (QED) is 0.485. The molecular weight excluding hydrogens is 308 g/mol. The number of rotatable bonds is 3. The molecule has 7 heteroatoms. The van der Waals surface area contributed by atoms with Gasteiger partial charge in [-0.3, -0.25) is 4.79 Å². The molecule has 1 rings (SSSR count). The number of halogens is 5. The Balaban J connectivity index is 3.44. The predicted molar refractivity (Wildman–Crippen MR) is 56.1 cm³/mol. The second-order valence-corrected chi connectivity index (χ2v) is 3.65. The van der Waals surface area contributed by atoms with Crippen LogP contribution in [0.15, 0.2) is 12.1 Å². The van der Waals surface area contributed by atoms with Crippen LogP contribution in [-0.2, 0) is 6.18 Å². The van der Waals surface area contributed by atoms with E-state index in [2.05, 4.69) is 20.7 Å². The van der Waals surface area contributed by atoms with Crippen molar-refractivity contribution in [3.63, 3.8) is 0 Å². The van der Waals surface area contributed by atoms with Gasteiger partial charge in [0, 0.05) is 5.56 Å². The van der Waals surface area contributed by atoms with Crippen molar-refractivity contribution in [3.8, 4) is 5.75 Å². The van der Waals surface area contributed by atoms with Gasteiger partial charge in [-0.05, 0) is 12.1 Å². The van der Waals surface area contributed by atoms with E-state index in [0.717, 1.165) is 13.2 Å². The Hall–Kier alpha value is -1.11. The van der Waals surface area contributed by atoms with Crippen molar-refractivity contribution in [2.24, 2.45) is 0 Å². The molecule has 1 aromatic carbocycles. The molecular formula is C10H7BrF4O2. The molecule has 2 nitrogen and oxygen atoms in total. The fourth-order valence-electron chi connectivity index (χ4n) is 1.25. The normalized spacial score (nSPS) is 11.4. The fraction of sp³-hybridized carbons (Fsp3) is 0.300. The molecule has 0 amide bonds. The zero-order valence-electron chi connectivity index (χ0n) is 8.57. The van der Waals surface area contributed by atoms with Crippen molar-refractivity contribution in [1.29, 1.82) is 0 Å². The van der Waals surface area contributed by atoms with Gasteiger partial charge in [-0.15, -0.1) is 0 Å². The Bertz CT molecular complexity index is 443. The lowest BCUT2D eigenvalue weighted by molar-refractivity contribution is -0.139. The van der Waals surface area contributed by atoms with E-state index in [0.29, 0.717) is 6.07 Å². The number of alkyl halides is 4. The second-order valence-electron chi connectivity index (χ2n) is 3.09. The SMILES string of the molecule is COc1c(F)cc(C(=O)CBr)cc1C(F)(F)F. The Morgan fingerprint density at radius 2 is 2.00 bits per heavy atom. The number of methoxy groups -OCH3 is 1. The lowest BCUT2D eigenvalue weighted by atomic mass is 10.1. The van der Waals surface area contributed by atoms with Gasteiger partial charge in [0.1, 0.15) is 5.56 Å². The average Bonchev–Trinajstić information content (AvgIpc) is 2.25. The highest BCUT2D eigenvalue weighted by Gasteiger charge is 2.36. The summed E-state index contributed by atoms with van der Waals surface area (Å²) in [7, 11) is 0.930. The highest BCUT2D eigenvalue weighted by molar-refractivity contribution is 9.09. The average molecular weight is 315 g/mol. The topological polar surface area (TPSA) is 26.3 Å². The molecule has 0 fully saturated rings. The molecule has 0 aromatic heterocycles. The van der Waals surface area contributed by atoms with Crippen molar-refractivity contribution in [3.05, 3.63) is 29.1 Å². The van der Waals surface area contributed by atoms with E-state index in [1.807, 2.05) is 0 Å². The number of benzene rings is 1. The first-order valence-corrected chi connectivity index (χ1v) is 5.47. The molecule has 0 aliphatic rings. The van der Waals surface area contributed by atoms with Crippen LogP contribution < -0.4 is 4.74 Å². The molecule has 0 N–H and O–H groups in total. The summed E-state index contributed by atoms with van der Waals surface area (Å²) in [5.74, 6) is -2.77. The van der Waals surface area contributed by atoms with Crippen LogP contribution in [0, 0.1) is 5.82 Å². The van der Waals surface area contributed by atoms with E-state index in [1.165, 1.54) is 0 Å². The molecule has 1 aromatic rings. The fourth-order valence-corrected chi connectivity index (χ4v) is 1.57. The Morgan fingerprint density at radius 1 is 1.41 bits per heavy atom. The van der Waals surface area contributed by atoms with Crippen LogP contribution in [0.25, 0.3) is 0 Å². The third-order valence-electron chi connectivity index (χ3n) is 2.00. The van der Waals surface area contributed by atoms with E-state index in [1.54, 1.807) is 0 Å². The Morgan fingerprint density at radius 3 is 2.41 bits per heavy atom. The summed E-state index contributed by atoms with van der Waals surface area (Å²) >= 11 is 2.80. The molecule has 0 aliphatic carbocycles. The van der Waals surface area contributed by atoms with Crippen LogP contribution in [0.3, 0.4) is 0 Å². The van der Waals surface area contributed by atoms with Crippen molar-refractivity contribution in [2.45, 2.75) is 6.18 Å². The number of ketones is 1. The Kier molecular flexibility index (Phi) is 4.13. The molecule has 17 heavy (non-hydrogen) atoms. The molecule has 0 bridgehead atoms. The minimum absolute atomic E-state index is 0.184. The highest BCUT2D eigenvalue weighted by atomic mass is 79.9. The summed E-state index contributed by atoms with van der Waals surface area (Å²) in [6.45, 7) is 0. The van der Waals surface area contributed by atoms with Gasteiger partial charge in [-0.1, -0.05) is 15.9 Å². The largest absolute Gasteiger partial charge is 0.493 e. The minimum atomic E-state index is -4.78. The third kappa shape index (κ3) is 2.96. The van der Waals surface area contributed by atoms with E-state index in [-0.39, 0.29) is 10.9 Å². The maximum absolute atomic E-state index is 13.3. The summed E-state index contributed by atoms with van der Waals surface area (Å²) in [5.41, 5.74) is -1.66. The van der Waals surface area contributed by atoms with Gasteiger partial charge in [-0.25, -0.2) is 4.39 Å². The molecule has 0 radical (unpaired) electrons. The summed E-state index contributed by atoms with van der Waals surface area (Å²) in [6.07, 6.45) is -4.78. The van der Waals surface area contributed by atoms with Crippen LogP contribution in [0.1, 0.15) is 15.9 Å². The lowest BCUT2D eigenvalue weighted by Crippen LogP contribution is -2.12. The molecule has 0 spiro atoms. The Labute approximate surface area is 103 Å². The van der Waals surface area contributed by atoms with Gasteiger partial charge in [0.2, 0.25) is 0 Å². The van der Waals surface area contributed by atoms with Crippen molar-refractivity contribution >= 4 is 21.7 Å².